The van der Waals surface area contributed by atoms with Gasteiger partial charge in [-0.3, -0.25) is 9.59 Å². The number of rotatable bonds is 3. The van der Waals surface area contributed by atoms with Crippen LogP contribution in [0.3, 0.4) is 0 Å². The van der Waals surface area contributed by atoms with Gasteiger partial charge in [0.05, 0.1) is 17.4 Å². The molecule has 5 nitrogen and oxygen atoms in total. The summed E-state index contributed by atoms with van der Waals surface area (Å²) in [4.78, 5) is 22.5. The highest BCUT2D eigenvalue weighted by molar-refractivity contribution is 9.10. The fraction of sp³-hybridized carbons (Fsp3) is 0.273. The maximum atomic E-state index is 11.5. The predicted octanol–water partition coefficient (Wildman–Crippen LogP) is 2.11. The summed E-state index contributed by atoms with van der Waals surface area (Å²) < 4.78 is 0.798. The van der Waals surface area contributed by atoms with Crippen molar-refractivity contribution in [3.05, 3.63) is 22.7 Å². The fourth-order valence-corrected chi connectivity index (χ4v) is 1.53. The highest BCUT2D eigenvalue weighted by Crippen LogP contribution is 2.26. The van der Waals surface area contributed by atoms with Crippen molar-refractivity contribution in [2.24, 2.45) is 5.73 Å². The van der Waals surface area contributed by atoms with Crippen LogP contribution >= 0.6 is 28.3 Å². The van der Waals surface area contributed by atoms with Crippen molar-refractivity contribution in [3.63, 3.8) is 0 Å². The monoisotopic (exact) mass is 335 g/mol. The van der Waals surface area contributed by atoms with Crippen molar-refractivity contribution < 1.29 is 9.59 Å². The van der Waals surface area contributed by atoms with E-state index in [1.807, 2.05) is 0 Å². The number of nitrogens with one attached hydrogen (secondary N) is 2. The van der Waals surface area contributed by atoms with Gasteiger partial charge < -0.3 is 16.4 Å². The third kappa shape index (κ3) is 5.03. The van der Waals surface area contributed by atoms with E-state index in [4.69, 9.17) is 5.73 Å². The molecule has 1 aromatic rings. The first-order chi connectivity index (χ1) is 7.90. The molecular weight excluding hydrogens is 321 g/mol. The molecule has 4 N–H and O–H groups in total. The lowest BCUT2D eigenvalue weighted by molar-refractivity contribution is -0.117. The van der Waals surface area contributed by atoms with Gasteiger partial charge in [0.1, 0.15) is 0 Å². The summed E-state index contributed by atoms with van der Waals surface area (Å²) in [5, 5.41) is 5.28. The predicted molar refractivity (Wildman–Crippen MR) is 78.0 cm³/mol. The zero-order valence-electron chi connectivity index (χ0n) is 9.99. The lowest BCUT2D eigenvalue weighted by atomic mass is 10.2. The first-order valence-corrected chi connectivity index (χ1v) is 5.83. The molecule has 2 amide bonds. The van der Waals surface area contributed by atoms with E-state index in [0.29, 0.717) is 11.4 Å². The van der Waals surface area contributed by atoms with Crippen LogP contribution in [-0.4, -0.2) is 17.9 Å². The van der Waals surface area contributed by atoms with E-state index in [0.717, 1.165) is 4.47 Å². The Morgan fingerprint density at radius 2 is 1.89 bits per heavy atom. The molecule has 0 spiro atoms. The largest absolute Gasteiger partial charge is 0.325 e. The lowest BCUT2D eigenvalue weighted by Crippen LogP contribution is -2.32. The minimum absolute atomic E-state index is 0. The van der Waals surface area contributed by atoms with E-state index in [1.54, 1.807) is 25.1 Å². The van der Waals surface area contributed by atoms with E-state index < -0.39 is 6.04 Å². The van der Waals surface area contributed by atoms with Crippen LogP contribution < -0.4 is 16.4 Å². The number of benzene rings is 1. The van der Waals surface area contributed by atoms with Crippen LogP contribution in [0.4, 0.5) is 11.4 Å². The molecule has 0 aliphatic heterocycles. The molecule has 0 bridgehead atoms. The molecule has 18 heavy (non-hydrogen) atoms. The lowest BCUT2D eigenvalue weighted by Gasteiger charge is -2.13. The van der Waals surface area contributed by atoms with E-state index in [1.165, 1.54) is 6.92 Å². The van der Waals surface area contributed by atoms with Crippen molar-refractivity contribution in [1.29, 1.82) is 0 Å². The van der Waals surface area contributed by atoms with Crippen molar-refractivity contribution in [2.45, 2.75) is 19.9 Å². The van der Waals surface area contributed by atoms with E-state index in [9.17, 15) is 9.59 Å². The number of halogens is 2. The first kappa shape index (κ1) is 16.9. The molecule has 0 unspecified atom stereocenters. The minimum atomic E-state index is -0.612. The zero-order chi connectivity index (χ0) is 13.0. The third-order valence-corrected chi connectivity index (χ3v) is 2.46. The molecule has 100 valence electrons. The SMILES string of the molecule is CC(=O)Nc1ccc(Br)cc1NC(=O)[C@H](C)N.Cl. The molecule has 0 aromatic heterocycles. The van der Waals surface area contributed by atoms with Crippen LogP contribution in [0, 0.1) is 0 Å². The Balaban J connectivity index is 0.00000289. The quantitative estimate of drug-likeness (QED) is 0.790. The van der Waals surface area contributed by atoms with Crippen LogP contribution in [0.25, 0.3) is 0 Å². The normalized spacial score (nSPS) is 11.1. The molecule has 0 aliphatic carbocycles. The highest BCUT2D eigenvalue weighted by Gasteiger charge is 2.11. The Kier molecular flexibility index (Phi) is 6.90. The van der Waals surface area contributed by atoms with Gasteiger partial charge in [-0.2, -0.15) is 0 Å². The molecule has 1 atom stereocenters. The van der Waals surface area contributed by atoms with Crippen LogP contribution in [0.1, 0.15) is 13.8 Å². The van der Waals surface area contributed by atoms with E-state index >= 15 is 0 Å². The number of hydrogen-bond acceptors (Lipinski definition) is 3. The highest BCUT2D eigenvalue weighted by atomic mass is 79.9. The smallest absolute Gasteiger partial charge is 0.241 e. The number of carbonyl (C=O) groups is 2. The molecule has 0 fully saturated rings. The maximum absolute atomic E-state index is 11.5. The van der Waals surface area contributed by atoms with Crippen molar-refractivity contribution >= 4 is 51.5 Å². The maximum Gasteiger partial charge on any atom is 0.241 e. The molecule has 1 aromatic carbocycles. The number of nitrogens with two attached hydrogens (primary N) is 1. The summed E-state index contributed by atoms with van der Waals surface area (Å²) in [7, 11) is 0. The summed E-state index contributed by atoms with van der Waals surface area (Å²) in [6.45, 7) is 2.99. The first-order valence-electron chi connectivity index (χ1n) is 5.03. The molecule has 0 heterocycles. The van der Waals surface area contributed by atoms with Crippen LogP contribution in [-0.2, 0) is 9.59 Å². The Labute approximate surface area is 120 Å². The van der Waals surface area contributed by atoms with Gasteiger partial charge in [0.25, 0.3) is 0 Å². The third-order valence-electron chi connectivity index (χ3n) is 1.96. The molecule has 1 rings (SSSR count). The van der Waals surface area contributed by atoms with Gasteiger partial charge in [0, 0.05) is 11.4 Å². The van der Waals surface area contributed by atoms with Gasteiger partial charge in [-0.1, -0.05) is 15.9 Å². The summed E-state index contributed by atoms with van der Waals surface area (Å²) in [5.41, 5.74) is 6.51. The van der Waals surface area contributed by atoms with Gasteiger partial charge in [0.2, 0.25) is 11.8 Å². The van der Waals surface area contributed by atoms with Gasteiger partial charge in [0.15, 0.2) is 0 Å². The molecule has 0 saturated carbocycles. The number of amides is 2. The van der Waals surface area contributed by atoms with Crippen LogP contribution in [0.15, 0.2) is 22.7 Å². The molecular formula is C11H15BrClN3O2. The number of carbonyl (C=O) groups excluding carboxylic acids is 2. The molecule has 7 heteroatoms. The Morgan fingerprint density at radius 1 is 1.28 bits per heavy atom. The van der Waals surface area contributed by atoms with Crippen molar-refractivity contribution in [1.82, 2.24) is 0 Å². The average molecular weight is 337 g/mol. The standard InChI is InChI=1S/C11H14BrN3O2.ClH/c1-6(13)11(17)15-10-5-8(12)3-4-9(10)14-7(2)16;/h3-6H,13H2,1-2H3,(H,14,16)(H,15,17);1H/t6-;/m0./s1. The molecule has 0 radical (unpaired) electrons. The summed E-state index contributed by atoms with van der Waals surface area (Å²) in [5.74, 6) is -0.515. The Morgan fingerprint density at radius 3 is 2.39 bits per heavy atom. The average Bonchev–Trinajstić information content (AvgIpc) is 2.21. The number of anilines is 2. The van der Waals surface area contributed by atoms with E-state index in [-0.39, 0.29) is 24.2 Å². The van der Waals surface area contributed by atoms with Gasteiger partial charge in [-0.05, 0) is 25.1 Å². The van der Waals surface area contributed by atoms with Gasteiger partial charge in [-0.15, -0.1) is 12.4 Å². The number of hydrogen-bond donors (Lipinski definition) is 3. The Hall–Kier alpha value is -1.11. The van der Waals surface area contributed by atoms with Crippen LogP contribution in [0.2, 0.25) is 0 Å². The molecule has 0 saturated heterocycles. The van der Waals surface area contributed by atoms with Crippen LogP contribution in [0.5, 0.6) is 0 Å². The van der Waals surface area contributed by atoms with Crippen molar-refractivity contribution in [2.75, 3.05) is 10.6 Å². The fourth-order valence-electron chi connectivity index (χ4n) is 1.17. The molecule has 0 aliphatic rings. The second-order valence-corrected chi connectivity index (χ2v) is 4.56. The summed E-state index contributed by atoms with van der Waals surface area (Å²) in [6, 6.07) is 4.56. The van der Waals surface area contributed by atoms with Gasteiger partial charge >= 0.3 is 0 Å². The zero-order valence-corrected chi connectivity index (χ0v) is 12.4. The minimum Gasteiger partial charge on any atom is -0.325 e. The van der Waals surface area contributed by atoms with Crippen molar-refractivity contribution in [3.8, 4) is 0 Å². The Bertz CT molecular complexity index is 452. The van der Waals surface area contributed by atoms with Gasteiger partial charge in [-0.25, -0.2) is 0 Å². The topological polar surface area (TPSA) is 84.2 Å². The summed E-state index contributed by atoms with van der Waals surface area (Å²) >= 11 is 3.29. The van der Waals surface area contributed by atoms with E-state index in [2.05, 4.69) is 26.6 Å². The summed E-state index contributed by atoms with van der Waals surface area (Å²) in [6.07, 6.45) is 0. The second-order valence-electron chi connectivity index (χ2n) is 3.65. The second kappa shape index (κ2) is 7.35.